The second kappa shape index (κ2) is 6.31. The zero-order valence-electron chi connectivity index (χ0n) is 15.6. The second-order valence-corrected chi connectivity index (χ2v) is 6.62. The summed E-state index contributed by atoms with van der Waals surface area (Å²) < 4.78 is 3.26. The molecule has 3 aromatic heterocycles. The Bertz CT molecular complexity index is 1150. The number of nitrogens with one attached hydrogen (secondary N) is 1. The average Bonchev–Trinajstić information content (AvgIpc) is 3.18. The van der Waals surface area contributed by atoms with Gasteiger partial charge in [0.1, 0.15) is 5.82 Å². The number of rotatable bonds is 3. The molecule has 1 amide bonds. The quantitative estimate of drug-likeness (QED) is 0.606. The summed E-state index contributed by atoms with van der Waals surface area (Å²) in [6.45, 7) is 7.82. The summed E-state index contributed by atoms with van der Waals surface area (Å²) in [5, 5.41) is 11.6. The molecule has 0 aliphatic rings. The summed E-state index contributed by atoms with van der Waals surface area (Å²) in [4.78, 5) is 21.0. The summed E-state index contributed by atoms with van der Waals surface area (Å²) in [6.07, 6.45) is 1.64. The lowest BCUT2D eigenvalue weighted by atomic mass is 10.1. The summed E-state index contributed by atoms with van der Waals surface area (Å²) in [5.74, 6) is 0.596. The van der Waals surface area contributed by atoms with Crippen LogP contribution in [0.4, 0.5) is 5.82 Å². The number of carbonyl (C=O) groups is 1. The molecule has 4 aromatic rings. The highest BCUT2D eigenvalue weighted by Gasteiger charge is 2.17. The van der Waals surface area contributed by atoms with Crippen molar-refractivity contribution < 1.29 is 4.79 Å². The van der Waals surface area contributed by atoms with Gasteiger partial charge in [-0.2, -0.15) is 10.1 Å². The van der Waals surface area contributed by atoms with E-state index in [4.69, 9.17) is 0 Å². The van der Waals surface area contributed by atoms with Crippen LogP contribution in [0.1, 0.15) is 33.1 Å². The number of nitrogens with zero attached hydrogens (tertiary/aromatic N) is 6. The van der Waals surface area contributed by atoms with Gasteiger partial charge in [0.25, 0.3) is 11.7 Å². The molecule has 0 radical (unpaired) electrons. The highest BCUT2D eigenvalue weighted by Crippen LogP contribution is 2.20. The molecule has 0 saturated heterocycles. The second-order valence-electron chi connectivity index (χ2n) is 6.62. The first-order chi connectivity index (χ1) is 12.9. The number of anilines is 1. The van der Waals surface area contributed by atoms with Gasteiger partial charge in [-0.1, -0.05) is 6.07 Å². The van der Waals surface area contributed by atoms with Crippen LogP contribution in [0.15, 0.2) is 36.5 Å². The van der Waals surface area contributed by atoms with Crippen molar-refractivity contribution in [1.29, 1.82) is 0 Å². The molecule has 3 heterocycles. The Morgan fingerprint density at radius 1 is 1.00 bits per heavy atom. The third-order valence-corrected chi connectivity index (χ3v) is 4.16. The van der Waals surface area contributed by atoms with Gasteiger partial charge in [0.15, 0.2) is 0 Å². The lowest BCUT2D eigenvalue weighted by Gasteiger charge is -2.09. The maximum Gasteiger partial charge on any atom is 0.296 e. The first-order valence-corrected chi connectivity index (χ1v) is 8.56. The van der Waals surface area contributed by atoms with E-state index in [9.17, 15) is 4.79 Å². The average molecular weight is 361 g/mol. The van der Waals surface area contributed by atoms with E-state index in [0.717, 1.165) is 28.2 Å². The van der Waals surface area contributed by atoms with Gasteiger partial charge in [0, 0.05) is 18.0 Å². The molecular formula is C19H19N7O. The SMILES string of the molecule is Cc1cc(C)cc(-n2nc(C)cc2NC(=O)c2nc3nccc(C)n3n2)c1. The van der Waals surface area contributed by atoms with Crippen LogP contribution >= 0.6 is 0 Å². The molecule has 0 aliphatic carbocycles. The largest absolute Gasteiger partial charge is 0.304 e. The summed E-state index contributed by atoms with van der Waals surface area (Å²) in [6, 6.07) is 9.75. The van der Waals surface area contributed by atoms with Gasteiger partial charge >= 0.3 is 0 Å². The molecule has 0 saturated carbocycles. The summed E-state index contributed by atoms with van der Waals surface area (Å²) in [7, 11) is 0. The fourth-order valence-electron chi connectivity index (χ4n) is 3.03. The highest BCUT2D eigenvalue weighted by atomic mass is 16.2. The molecule has 1 N–H and O–H groups in total. The minimum Gasteiger partial charge on any atom is -0.304 e. The first kappa shape index (κ1) is 16.9. The molecule has 1 aromatic carbocycles. The van der Waals surface area contributed by atoms with E-state index in [-0.39, 0.29) is 5.82 Å². The van der Waals surface area contributed by atoms with E-state index in [1.807, 2.05) is 52.0 Å². The Balaban J connectivity index is 1.70. The van der Waals surface area contributed by atoms with Crippen molar-refractivity contribution in [1.82, 2.24) is 29.4 Å². The highest BCUT2D eigenvalue weighted by molar-refractivity contribution is 6.01. The molecule has 0 aliphatic heterocycles. The molecule has 0 bridgehead atoms. The van der Waals surface area contributed by atoms with Crippen molar-refractivity contribution in [2.24, 2.45) is 0 Å². The number of aromatic nitrogens is 6. The van der Waals surface area contributed by atoms with Crippen LogP contribution in [-0.4, -0.2) is 35.3 Å². The van der Waals surface area contributed by atoms with E-state index in [0.29, 0.717) is 11.6 Å². The van der Waals surface area contributed by atoms with Gasteiger partial charge in [0.2, 0.25) is 5.82 Å². The molecule has 0 unspecified atom stereocenters. The summed E-state index contributed by atoms with van der Waals surface area (Å²) in [5.41, 5.74) is 4.78. The third-order valence-electron chi connectivity index (χ3n) is 4.16. The normalized spacial score (nSPS) is 11.1. The number of benzene rings is 1. The van der Waals surface area contributed by atoms with Crippen LogP contribution in [0.5, 0.6) is 0 Å². The molecule has 0 atom stereocenters. The van der Waals surface area contributed by atoms with Gasteiger partial charge in [-0.15, -0.1) is 5.10 Å². The van der Waals surface area contributed by atoms with E-state index in [2.05, 4.69) is 31.5 Å². The van der Waals surface area contributed by atoms with Gasteiger partial charge in [-0.05, 0) is 57.0 Å². The Labute approximate surface area is 155 Å². The Kier molecular flexibility index (Phi) is 3.95. The van der Waals surface area contributed by atoms with Gasteiger partial charge in [0.05, 0.1) is 11.4 Å². The van der Waals surface area contributed by atoms with Crippen LogP contribution in [0, 0.1) is 27.7 Å². The van der Waals surface area contributed by atoms with Crippen molar-refractivity contribution in [2.75, 3.05) is 5.32 Å². The molecule has 136 valence electrons. The van der Waals surface area contributed by atoms with E-state index < -0.39 is 5.91 Å². The van der Waals surface area contributed by atoms with Crippen molar-refractivity contribution in [3.05, 3.63) is 64.9 Å². The monoisotopic (exact) mass is 361 g/mol. The van der Waals surface area contributed by atoms with Crippen LogP contribution in [-0.2, 0) is 0 Å². The number of carbonyl (C=O) groups excluding carboxylic acids is 1. The summed E-state index contributed by atoms with van der Waals surface area (Å²) >= 11 is 0. The van der Waals surface area contributed by atoms with E-state index >= 15 is 0 Å². The number of hydrogen-bond acceptors (Lipinski definition) is 5. The lowest BCUT2D eigenvalue weighted by Crippen LogP contribution is -2.17. The first-order valence-electron chi connectivity index (χ1n) is 8.56. The van der Waals surface area contributed by atoms with Crippen molar-refractivity contribution in [2.45, 2.75) is 27.7 Å². The lowest BCUT2D eigenvalue weighted by molar-refractivity contribution is 0.101. The smallest absolute Gasteiger partial charge is 0.296 e. The predicted molar refractivity (Wildman–Crippen MR) is 101 cm³/mol. The molecule has 0 spiro atoms. The maximum atomic E-state index is 12.7. The Morgan fingerprint density at radius 2 is 1.74 bits per heavy atom. The molecule has 4 rings (SSSR count). The Morgan fingerprint density at radius 3 is 2.44 bits per heavy atom. The van der Waals surface area contributed by atoms with Crippen LogP contribution in [0.3, 0.4) is 0 Å². The van der Waals surface area contributed by atoms with Gasteiger partial charge in [-0.25, -0.2) is 14.2 Å². The maximum absolute atomic E-state index is 12.7. The minimum atomic E-state index is -0.412. The molecule has 8 nitrogen and oxygen atoms in total. The van der Waals surface area contributed by atoms with Crippen LogP contribution in [0.25, 0.3) is 11.5 Å². The zero-order valence-corrected chi connectivity index (χ0v) is 15.6. The Hall–Kier alpha value is -3.55. The number of amides is 1. The molecule has 8 heteroatoms. The van der Waals surface area contributed by atoms with Crippen molar-refractivity contribution in [3.8, 4) is 5.69 Å². The van der Waals surface area contributed by atoms with E-state index in [1.165, 1.54) is 0 Å². The zero-order chi connectivity index (χ0) is 19.1. The predicted octanol–water partition coefficient (Wildman–Crippen LogP) is 2.80. The number of fused-ring (bicyclic) bond motifs is 1. The van der Waals surface area contributed by atoms with Gasteiger partial charge < -0.3 is 5.32 Å². The van der Waals surface area contributed by atoms with Crippen molar-refractivity contribution >= 4 is 17.5 Å². The fourth-order valence-corrected chi connectivity index (χ4v) is 3.03. The molecule has 27 heavy (non-hydrogen) atoms. The molecule has 0 fully saturated rings. The third kappa shape index (κ3) is 3.17. The number of hydrogen-bond donors (Lipinski definition) is 1. The standard InChI is InChI=1S/C19H19N7O/c1-11-7-12(2)9-15(8-11)26-16(10-13(3)23-26)21-18(27)17-22-19-20-6-5-14(4)25(19)24-17/h5-10H,1-4H3,(H,21,27). The number of aryl methyl sites for hydroxylation is 4. The topological polar surface area (TPSA) is 90.0 Å². The fraction of sp³-hybridized carbons (Fsp3) is 0.211. The van der Waals surface area contributed by atoms with Crippen molar-refractivity contribution in [3.63, 3.8) is 0 Å². The molecular weight excluding hydrogens is 342 g/mol. The van der Waals surface area contributed by atoms with Gasteiger partial charge in [-0.3, -0.25) is 4.79 Å². The van der Waals surface area contributed by atoms with Crippen LogP contribution < -0.4 is 5.32 Å². The van der Waals surface area contributed by atoms with Crippen LogP contribution in [0.2, 0.25) is 0 Å². The minimum absolute atomic E-state index is 0.0580. The van der Waals surface area contributed by atoms with E-state index in [1.54, 1.807) is 15.4 Å².